The van der Waals surface area contributed by atoms with Gasteiger partial charge in [0.15, 0.2) is 0 Å². The van der Waals surface area contributed by atoms with Gasteiger partial charge in [0, 0.05) is 47.6 Å². The lowest BCUT2D eigenvalue weighted by molar-refractivity contribution is 0.0232. The van der Waals surface area contributed by atoms with Crippen molar-refractivity contribution in [3.8, 4) is 0 Å². The van der Waals surface area contributed by atoms with Crippen LogP contribution in [0.3, 0.4) is 0 Å². The van der Waals surface area contributed by atoms with Gasteiger partial charge in [-0.2, -0.15) is 4.31 Å². The Morgan fingerprint density at radius 1 is 1.38 bits per heavy atom. The molecule has 1 atom stereocenters. The lowest BCUT2D eigenvalue weighted by Gasteiger charge is -2.28. The first-order valence-corrected chi connectivity index (χ1v) is 11.7. The number of benzene rings is 1. The SMILES string of the molecule is CN(C(=O)OC(C)(C)C)[C@@H]1CCN(S(=O)(=O)c2cccc3c(Cl)ncc(Br)c23)C1. The summed E-state index contributed by atoms with van der Waals surface area (Å²) in [6.45, 7) is 5.89. The first-order chi connectivity index (χ1) is 13.4. The lowest BCUT2D eigenvalue weighted by Crippen LogP contribution is -2.42. The molecule has 0 radical (unpaired) electrons. The molecule has 3 rings (SSSR count). The highest BCUT2D eigenvalue weighted by atomic mass is 79.9. The molecule has 0 unspecified atom stereocenters. The van der Waals surface area contributed by atoms with E-state index in [0.29, 0.717) is 28.2 Å². The van der Waals surface area contributed by atoms with Gasteiger partial charge in [-0.1, -0.05) is 23.7 Å². The van der Waals surface area contributed by atoms with Gasteiger partial charge in [-0.15, -0.1) is 0 Å². The summed E-state index contributed by atoms with van der Waals surface area (Å²) in [6, 6.07) is 4.68. The Morgan fingerprint density at radius 2 is 2.07 bits per heavy atom. The predicted molar refractivity (Wildman–Crippen MR) is 116 cm³/mol. The number of likely N-dealkylation sites (N-methyl/N-ethyl adjacent to an activating group) is 1. The largest absolute Gasteiger partial charge is 0.444 e. The number of hydrogen-bond donors (Lipinski definition) is 0. The summed E-state index contributed by atoms with van der Waals surface area (Å²) in [4.78, 5) is 18.0. The molecular formula is C19H23BrClN3O4S. The molecule has 2 heterocycles. The average Bonchev–Trinajstić information content (AvgIpc) is 3.13. The van der Waals surface area contributed by atoms with Crippen molar-refractivity contribution in [2.24, 2.45) is 0 Å². The normalized spacial score (nSPS) is 18.2. The minimum atomic E-state index is -3.79. The second kappa shape index (κ2) is 8.02. The van der Waals surface area contributed by atoms with E-state index in [0.717, 1.165) is 0 Å². The van der Waals surface area contributed by atoms with Crippen LogP contribution in [0.1, 0.15) is 27.2 Å². The number of ether oxygens (including phenoxy) is 1. The van der Waals surface area contributed by atoms with Crippen LogP contribution in [0.25, 0.3) is 10.8 Å². The van der Waals surface area contributed by atoms with E-state index in [1.54, 1.807) is 46.0 Å². The second-order valence-corrected chi connectivity index (χ2v) is 11.1. The number of aromatic nitrogens is 1. The molecule has 1 aliphatic rings. The zero-order chi connectivity index (χ0) is 21.6. The van der Waals surface area contributed by atoms with E-state index in [-0.39, 0.29) is 22.6 Å². The Kier molecular flexibility index (Phi) is 6.16. The fourth-order valence-electron chi connectivity index (χ4n) is 3.28. The predicted octanol–water partition coefficient (Wildman–Crippen LogP) is 4.28. The standard InChI is InChI=1S/C19H23BrClN3O4S/c1-19(2,3)28-18(25)23(4)12-8-9-24(11-12)29(26,27)15-7-5-6-13-16(15)14(20)10-22-17(13)21/h5-7,10,12H,8-9,11H2,1-4H3/t12-/m1/s1. The molecule has 1 aromatic heterocycles. The third-order valence-corrected chi connectivity index (χ3v) is 7.56. The fraction of sp³-hybridized carbons (Fsp3) is 0.474. The molecule has 1 saturated heterocycles. The van der Waals surface area contributed by atoms with Gasteiger partial charge in [-0.3, -0.25) is 0 Å². The summed E-state index contributed by atoms with van der Waals surface area (Å²) in [6.07, 6.45) is 1.56. The molecule has 1 amide bonds. The summed E-state index contributed by atoms with van der Waals surface area (Å²) in [5.41, 5.74) is -0.613. The highest BCUT2D eigenvalue weighted by Crippen LogP contribution is 2.35. The maximum atomic E-state index is 13.4. The first-order valence-electron chi connectivity index (χ1n) is 9.10. The van der Waals surface area contributed by atoms with Gasteiger partial charge in [0.2, 0.25) is 10.0 Å². The minimum absolute atomic E-state index is 0.159. The Bertz CT molecular complexity index is 1060. The number of carbonyl (C=O) groups excluding carboxylic acids is 1. The average molecular weight is 505 g/mol. The molecule has 0 saturated carbocycles. The van der Waals surface area contributed by atoms with Crippen LogP contribution < -0.4 is 0 Å². The third-order valence-electron chi connectivity index (χ3n) is 4.75. The molecule has 1 fully saturated rings. The van der Waals surface area contributed by atoms with E-state index in [9.17, 15) is 13.2 Å². The van der Waals surface area contributed by atoms with E-state index in [2.05, 4.69) is 20.9 Å². The number of nitrogens with zero attached hydrogens (tertiary/aromatic N) is 3. The van der Waals surface area contributed by atoms with Crippen LogP contribution in [0.4, 0.5) is 4.79 Å². The van der Waals surface area contributed by atoms with E-state index in [4.69, 9.17) is 16.3 Å². The number of halogens is 2. The molecular weight excluding hydrogens is 482 g/mol. The van der Waals surface area contributed by atoms with Gasteiger partial charge in [-0.25, -0.2) is 18.2 Å². The van der Waals surface area contributed by atoms with Crippen LogP contribution >= 0.6 is 27.5 Å². The molecule has 0 N–H and O–H groups in total. The topological polar surface area (TPSA) is 79.8 Å². The number of carbonyl (C=O) groups is 1. The van der Waals surface area contributed by atoms with Crippen LogP contribution in [-0.4, -0.2) is 60.5 Å². The summed E-state index contributed by atoms with van der Waals surface area (Å²) in [5, 5.41) is 1.30. The molecule has 29 heavy (non-hydrogen) atoms. The first kappa shape index (κ1) is 22.3. The van der Waals surface area contributed by atoms with Gasteiger partial charge < -0.3 is 9.64 Å². The molecule has 1 aliphatic heterocycles. The Balaban J connectivity index is 1.88. The summed E-state index contributed by atoms with van der Waals surface area (Å²) in [7, 11) is -2.16. The molecule has 2 aromatic rings. The maximum absolute atomic E-state index is 13.4. The summed E-state index contributed by atoms with van der Waals surface area (Å²) >= 11 is 9.56. The Hall–Kier alpha value is -1.42. The van der Waals surface area contributed by atoms with Crippen molar-refractivity contribution in [3.63, 3.8) is 0 Å². The highest BCUT2D eigenvalue weighted by Gasteiger charge is 2.37. The monoisotopic (exact) mass is 503 g/mol. The molecule has 0 aliphatic carbocycles. The molecule has 0 bridgehead atoms. The highest BCUT2D eigenvalue weighted by molar-refractivity contribution is 9.10. The molecule has 1 aromatic carbocycles. The zero-order valence-electron chi connectivity index (χ0n) is 16.6. The van der Waals surface area contributed by atoms with Gasteiger partial charge >= 0.3 is 6.09 Å². The number of sulfonamides is 1. The van der Waals surface area contributed by atoms with E-state index < -0.39 is 21.7 Å². The smallest absolute Gasteiger partial charge is 0.410 e. The van der Waals surface area contributed by atoms with E-state index in [1.165, 1.54) is 15.4 Å². The molecule has 0 spiro atoms. The van der Waals surface area contributed by atoms with Crippen LogP contribution in [0.5, 0.6) is 0 Å². The number of hydrogen-bond acceptors (Lipinski definition) is 5. The van der Waals surface area contributed by atoms with E-state index in [1.807, 2.05) is 0 Å². The number of pyridine rings is 1. The van der Waals surface area contributed by atoms with Crippen molar-refractivity contribution < 1.29 is 17.9 Å². The van der Waals surface area contributed by atoms with Crippen molar-refractivity contribution in [2.75, 3.05) is 20.1 Å². The minimum Gasteiger partial charge on any atom is -0.444 e. The van der Waals surface area contributed by atoms with Crippen LogP contribution in [0, 0.1) is 0 Å². The van der Waals surface area contributed by atoms with Crippen LogP contribution in [0.2, 0.25) is 5.15 Å². The van der Waals surface area contributed by atoms with Crippen LogP contribution in [-0.2, 0) is 14.8 Å². The van der Waals surface area contributed by atoms with Gasteiger partial charge in [-0.05, 0) is 49.2 Å². The number of fused-ring (bicyclic) bond motifs is 1. The molecule has 10 heteroatoms. The van der Waals surface area contributed by atoms with Gasteiger partial charge in [0.25, 0.3) is 0 Å². The van der Waals surface area contributed by atoms with Crippen molar-refractivity contribution >= 4 is 54.4 Å². The molecule has 158 valence electrons. The summed E-state index contributed by atoms with van der Waals surface area (Å²) < 4.78 is 34.1. The number of amides is 1. The van der Waals surface area contributed by atoms with Gasteiger partial charge in [0.1, 0.15) is 10.8 Å². The maximum Gasteiger partial charge on any atom is 0.410 e. The fourth-order valence-corrected chi connectivity index (χ4v) is 5.87. The van der Waals surface area contributed by atoms with Crippen molar-refractivity contribution in [3.05, 3.63) is 34.0 Å². The number of rotatable bonds is 3. The third kappa shape index (κ3) is 4.52. The quantitative estimate of drug-likeness (QED) is 0.583. The van der Waals surface area contributed by atoms with Crippen molar-refractivity contribution in [2.45, 2.75) is 43.7 Å². The Morgan fingerprint density at radius 3 is 2.72 bits per heavy atom. The van der Waals surface area contributed by atoms with Crippen LogP contribution in [0.15, 0.2) is 33.8 Å². The van der Waals surface area contributed by atoms with Crippen molar-refractivity contribution in [1.29, 1.82) is 0 Å². The summed E-state index contributed by atoms with van der Waals surface area (Å²) in [5.74, 6) is 0. The van der Waals surface area contributed by atoms with Crippen molar-refractivity contribution in [1.82, 2.24) is 14.2 Å². The van der Waals surface area contributed by atoms with E-state index >= 15 is 0 Å². The Labute approximate surface area is 184 Å². The zero-order valence-corrected chi connectivity index (χ0v) is 19.8. The molecule has 7 nitrogen and oxygen atoms in total. The second-order valence-electron chi connectivity index (χ2n) is 7.97. The van der Waals surface area contributed by atoms with Gasteiger partial charge in [0.05, 0.1) is 4.90 Å². The lowest BCUT2D eigenvalue weighted by atomic mass is 10.2.